The van der Waals surface area contributed by atoms with Crippen LogP contribution >= 0.6 is 0 Å². The molecule has 70 valence electrons. The molecule has 0 fully saturated rings. The third kappa shape index (κ3) is 1.93. The van der Waals surface area contributed by atoms with Crippen LogP contribution in [0.1, 0.15) is 17.4 Å². The van der Waals surface area contributed by atoms with Gasteiger partial charge in [-0.05, 0) is 6.92 Å². The Morgan fingerprint density at radius 1 is 1.54 bits per heavy atom. The quantitative estimate of drug-likeness (QED) is 0.712. The Bertz CT molecular complexity index is 313. The van der Waals surface area contributed by atoms with E-state index in [-0.39, 0.29) is 5.69 Å². The van der Waals surface area contributed by atoms with Gasteiger partial charge in [-0.3, -0.25) is 4.79 Å². The number of amides is 1. The molecule has 5 heteroatoms. The Balaban J connectivity index is 3.11. The van der Waals surface area contributed by atoms with Crippen LogP contribution in [0.15, 0.2) is 12.4 Å². The molecule has 0 radical (unpaired) electrons. The van der Waals surface area contributed by atoms with E-state index in [1.54, 1.807) is 0 Å². The molecule has 1 aromatic rings. The molecule has 0 aliphatic rings. The fraction of sp³-hybridized carbons (Fsp3) is 0.375. The average Bonchev–Trinajstić information content (AvgIpc) is 2.16. The summed E-state index contributed by atoms with van der Waals surface area (Å²) in [5.74, 6) is -0.0269. The highest BCUT2D eigenvalue weighted by atomic mass is 16.1. The minimum Gasteiger partial charge on any atom is -0.364 e. The number of nitrogens with two attached hydrogens (primary N) is 1. The number of primary amides is 1. The van der Waals surface area contributed by atoms with Crippen LogP contribution in [-0.4, -0.2) is 29.5 Å². The van der Waals surface area contributed by atoms with Gasteiger partial charge in [0.05, 0.1) is 0 Å². The van der Waals surface area contributed by atoms with E-state index in [1.807, 2.05) is 18.9 Å². The summed E-state index contributed by atoms with van der Waals surface area (Å²) in [6.45, 7) is 2.71. The van der Waals surface area contributed by atoms with Gasteiger partial charge < -0.3 is 10.6 Å². The smallest absolute Gasteiger partial charge is 0.271 e. The summed E-state index contributed by atoms with van der Waals surface area (Å²) in [5, 5.41) is 0. The van der Waals surface area contributed by atoms with Crippen molar-refractivity contribution in [2.75, 3.05) is 18.5 Å². The van der Waals surface area contributed by atoms with Crippen LogP contribution in [0.5, 0.6) is 0 Å². The average molecular weight is 180 g/mol. The van der Waals surface area contributed by atoms with E-state index in [1.165, 1.54) is 12.4 Å². The molecule has 0 saturated heterocycles. The van der Waals surface area contributed by atoms with Crippen molar-refractivity contribution in [2.24, 2.45) is 5.73 Å². The van der Waals surface area contributed by atoms with E-state index in [4.69, 9.17) is 5.73 Å². The molecule has 2 N–H and O–H groups in total. The highest BCUT2D eigenvalue weighted by Gasteiger charge is 2.12. The van der Waals surface area contributed by atoms with Crippen molar-refractivity contribution in [3.63, 3.8) is 0 Å². The molecule has 1 amide bonds. The molecule has 0 aliphatic heterocycles. The highest BCUT2D eigenvalue weighted by molar-refractivity contribution is 5.95. The number of rotatable bonds is 3. The van der Waals surface area contributed by atoms with Gasteiger partial charge in [0.15, 0.2) is 11.5 Å². The lowest BCUT2D eigenvalue weighted by atomic mass is 10.3. The molecular formula is C8H12N4O. The Hall–Kier alpha value is -1.65. The number of carbonyl (C=O) groups is 1. The van der Waals surface area contributed by atoms with Crippen LogP contribution in [0, 0.1) is 0 Å². The summed E-state index contributed by atoms with van der Waals surface area (Å²) in [6, 6.07) is 0. The Morgan fingerprint density at radius 2 is 2.15 bits per heavy atom. The molecule has 0 bridgehead atoms. The molecule has 5 nitrogen and oxygen atoms in total. The minimum atomic E-state index is -0.552. The first-order chi connectivity index (χ1) is 6.16. The Morgan fingerprint density at radius 3 is 2.69 bits per heavy atom. The van der Waals surface area contributed by atoms with Crippen LogP contribution in [0.25, 0.3) is 0 Å². The van der Waals surface area contributed by atoms with Gasteiger partial charge in [-0.15, -0.1) is 0 Å². The van der Waals surface area contributed by atoms with E-state index < -0.39 is 5.91 Å². The predicted octanol–water partition coefficient (Wildman–Crippen LogP) is 0.0316. The van der Waals surface area contributed by atoms with E-state index in [0.29, 0.717) is 5.82 Å². The van der Waals surface area contributed by atoms with Crippen molar-refractivity contribution in [2.45, 2.75) is 6.92 Å². The second-order valence-corrected chi connectivity index (χ2v) is 2.61. The van der Waals surface area contributed by atoms with Gasteiger partial charge in [-0.25, -0.2) is 9.97 Å². The fourth-order valence-corrected chi connectivity index (χ4v) is 0.934. The number of aromatic nitrogens is 2. The van der Waals surface area contributed by atoms with Gasteiger partial charge in [0.1, 0.15) is 0 Å². The van der Waals surface area contributed by atoms with Crippen LogP contribution in [0.4, 0.5) is 5.82 Å². The first kappa shape index (κ1) is 9.44. The molecule has 1 rings (SSSR count). The van der Waals surface area contributed by atoms with Crippen LogP contribution in [0.2, 0.25) is 0 Å². The monoisotopic (exact) mass is 180 g/mol. The maximum absolute atomic E-state index is 10.9. The van der Waals surface area contributed by atoms with Gasteiger partial charge in [0, 0.05) is 26.0 Å². The van der Waals surface area contributed by atoms with E-state index in [9.17, 15) is 4.79 Å². The fourth-order valence-electron chi connectivity index (χ4n) is 0.934. The summed E-state index contributed by atoms with van der Waals surface area (Å²) in [4.78, 5) is 20.6. The van der Waals surface area contributed by atoms with Gasteiger partial charge in [0.25, 0.3) is 5.91 Å². The third-order valence-electron chi connectivity index (χ3n) is 1.75. The molecule has 0 saturated carbocycles. The van der Waals surface area contributed by atoms with Crippen LogP contribution in [0.3, 0.4) is 0 Å². The number of nitrogens with zero attached hydrogens (tertiary/aromatic N) is 3. The summed E-state index contributed by atoms with van der Waals surface area (Å²) in [6.07, 6.45) is 2.99. The summed E-state index contributed by atoms with van der Waals surface area (Å²) >= 11 is 0. The van der Waals surface area contributed by atoms with Crippen molar-refractivity contribution < 1.29 is 4.79 Å². The molecule has 1 aromatic heterocycles. The van der Waals surface area contributed by atoms with Gasteiger partial charge in [-0.1, -0.05) is 0 Å². The van der Waals surface area contributed by atoms with Crippen LogP contribution in [-0.2, 0) is 0 Å². The Kier molecular flexibility index (Phi) is 2.79. The highest BCUT2D eigenvalue weighted by Crippen LogP contribution is 2.11. The summed E-state index contributed by atoms with van der Waals surface area (Å²) in [7, 11) is 1.83. The minimum absolute atomic E-state index is 0.215. The van der Waals surface area contributed by atoms with Crippen molar-refractivity contribution in [1.82, 2.24) is 9.97 Å². The molecule has 1 heterocycles. The zero-order chi connectivity index (χ0) is 9.84. The zero-order valence-corrected chi connectivity index (χ0v) is 7.69. The maximum atomic E-state index is 10.9. The molecule has 13 heavy (non-hydrogen) atoms. The molecule has 0 unspecified atom stereocenters. The molecule has 0 aromatic carbocycles. The predicted molar refractivity (Wildman–Crippen MR) is 49.5 cm³/mol. The lowest BCUT2D eigenvalue weighted by Crippen LogP contribution is -2.24. The van der Waals surface area contributed by atoms with Crippen molar-refractivity contribution in [3.05, 3.63) is 18.1 Å². The van der Waals surface area contributed by atoms with E-state index in [2.05, 4.69) is 9.97 Å². The number of carbonyl (C=O) groups excluding carboxylic acids is 1. The first-order valence-corrected chi connectivity index (χ1v) is 3.98. The van der Waals surface area contributed by atoms with Gasteiger partial charge in [-0.2, -0.15) is 0 Å². The number of anilines is 1. The summed E-state index contributed by atoms with van der Waals surface area (Å²) < 4.78 is 0. The Labute approximate surface area is 76.6 Å². The topological polar surface area (TPSA) is 72.1 Å². The van der Waals surface area contributed by atoms with E-state index in [0.717, 1.165) is 6.54 Å². The largest absolute Gasteiger partial charge is 0.364 e. The normalized spacial score (nSPS) is 9.69. The maximum Gasteiger partial charge on any atom is 0.271 e. The standard InChI is InChI=1S/C8H12N4O/c1-3-12(2)8-6(7(9)13)10-4-5-11-8/h4-5H,3H2,1-2H3,(H2,9,13). The van der Waals surface area contributed by atoms with Crippen molar-refractivity contribution in [1.29, 1.82) is 0 Å². The summed E-state index contributed by atoms with van der Waals surface area (Å²) in [5.41, 5.74) is 5.35. The first-order valence-electron chi connectivity index (χ1n) is 3.98. The van der Waals surface area contributed by atoms with Crippen molar-refractivity contribution in [3.8, 4) is 0 Å². The lowest BCUT2D eigenvalue weighted by Gasteiger charge is -2.16. The number of hydrogen-bond donors (Lipinski definition) is 1. The molecule has 0 atom stereocenters. The van der Waals surface area contributed by atoms with Crippen molar-refractivity contribution >= 4 is 11.7 Å². The molecule has 0 spiro atoms. The molecular weight excluding hydrogens is 168 g/mol. The van der Waals surface area contributed by atoms with Gasteiger partial charge in [0.2, 0.25) is 0 Å². The third-order valence-corrected chi connectivity index (χ3v) is 1.75. The SMILES string of the molecule is CCN(C)c1nccnc1C(N)=O. The van der Waals surface area contributed by atoms with Crippen LogP contribution < -0.4 is 10.6 Å². The van der Waals surface area contributed by atoms with Gasteiger partial charge >= 0.3 is 0 Å². The number of hydrogen-bond acceptors (Lipinski definition) is 4. The lowest BCUT2D eigenvalue weighted by molar-refractivity contribution is 0.0996. The van der Waals surface area contributed by atoms with E-state index >= 15 is 0 Å². The second kappa shape index (κ2) is 3.84. The second-order valence-electron chi connectivity index (χ2n) is 2.61. The molecule has 0 aliphatic carbocycles. The zero-order valence-electron chi connectivity index (χ0n) is 7.69.